The molecule has 12 heteroatoms. The molecule has 244 valence electrons. The summed E-state index contributed by atoms with van der Waals surface area (Å²) in [6.45, 7) is 16.3. The summed E-state index contributed by atoms with van der Waals surface area (Å²) in [5, 5.41) is 9.27. The molecule has 1 N–H and O–H groups in total. The van der Waals surface area contributed by atoms with Crippen LogP contribution in [0.1, 0.15) is 51.9 Å². The molecule has 1 aromatic carbocycles. The van der Waals surface area contributed by atoms with Crippen LogP contribution in [0.4, 0.5) is 0 Å². The van der Waals surface area contributed by atoms with E-state index >= 15 is 0 Å². The minimum atomic E-state index is -0.569. The Labute approximate surface area is 250 Å². The largest absolute Gasteiger partial charge is 0.487 e. The van der Waals surface area contributed by atoms with Gasteiger partial charge in [0, 0.05) is 0 Å². The second-order valence-electron chi connectivity index (χ2n) is 10.9. The second kappa shape index (κ2) is 21.5. The van der Waals surface area contributed by atoms with Crippen LogP contribution in [-0.2, 0) is 33.2 Å². The molecule has 0 aliphatic heterocycles. The number of benzene rings is 1. The van der Waals surface area contributed by atoms with Gasteiger partial charge in [0.15, 0.2) is 11.5 Å². The van der Waals surface area contributed by atoms with E-state index in [4.69, 9.17) is 47.4 Å². The van der Waals surface area contributed by atoms with Crippen molar-refractivity contribution >= 4 is 5.97 Å². The molecule has 1 rings (SSSR count). The fraction of sp³-hybridized carbons (Fsp3) is 0.767. The van der Waals surface area contributed by atoms with Crippen molar-refractivity contribution in [3.8, 4) is 17.2 Å². The van der Waals surface area contributed by atoms with Gasteiger partial charge in [-0.25, -0.2) is 4.79 Å². The summed E-state index contributed by atoms with van der Waals surface area (Å²) < 4.78 is 55.7. The van der Waals surface area contributed by atoms with Crippen LogP contribution in [0.25, 0.3) is 0 Å². The lowest BCUT2D eigenvalue weighted by molar-refractivity contribution is -0.0437. The van der Waals surface area contributed by atoms with E-state index in [2.05, 4.69) is 0 Å². The molecule has 0 atom stereocenters. The van der Waals surface area contributed by atoms with Crippen LogP contribution in [0.3, 0.4) is 0 Å². The van der Waals surface area contributed by atoms with Crippen molar-refractivity contribution < 1.29 is 57.3 Å². The van der Waals surface area contributed by atoms with Crippen molar-refractivity contribution in [2.45, 2.75) is 52.7 Å². The standard InChI is InChI=1S/C30H52O12/c1-29(2,3)41-20-16-36-12-10-34-14-18-39-26-23-24(28(32)33-7)22-25(38-9-8-31)27(26)40-19-15-35-11-13-37-17-21-42-30(4,5)6/h22-23,31H,8-21H2,1-7H3. The molecule has 1 aromatic rings. The molecule has 0 amide bonds. The SMILES string of the molecule is COC(=O)c1cc(OCCO)c(OCCOCCOCCOC(C)(C)C)c(OCCOCCOCCOC(C)(C)C)c1. The molecular formula is C30H52O12. The number of hydrogen-bond donors (Lipinski definition) is 1. The van der Waals surface area contributed by atoms with Gasteiger partial charge in [-0.1, -0.05) is 0 Å². The number of hydrogen-bond acceptors (Lipinski definition) is 12. The van der Waals surface area contributed by atoms with Gasteiger partial charge in [-0.2, -0.15) is 0 Å². The first-order valence-corrected chi connectivity index (χ1v) is 14.3. The molecule has 0 spiro atoms. The summed E-state index contributed by atoms with van der Waals surface area (Å²) >= 11 is 0. The smallest absolute Gasteiger partial charge is 0.338 e. The molecule has 0 aromatic heterocycles. The molecule has 0 fully saturated rings. The van der Waals surface area contributed by atoms with Gasteiger partial charge >= 0.3 is 5.97 Å². The van der Waals surface area contributed by atoms with Crippen LogP contribution < -0.4 is 14.2 Å². The Morgan fingerprint density at radius 2 is 0.976 bits per heavy atom. The molecule has 0 aliphatic carbocycles. The van der Waals surface area contributed by atoms with Crippen molar-refractivity contribution in [1.82, 2.24) is 0 Å². The highest BCUT2D eigenvalue weighted by Gasteiger charge is 2.19. The molecule has 0 saturated carbocycles. The number of aliphatic hydroxyl groups excluding tert-OH is 1. The van der Waals surface area contributed by atoms with E-state index < -0.39 is 5.97 Å². The van der Waals surface area contributed by atoms with Crippen molar-refractivity contribution in [3.05, 3.63) is 17.7 Å². The highest BCUT2D eigenvalue weighted by molar-refractivity contribution is 5.91. The van der Waals surface area contributed by atoms with Crippen LogP contribution in [0.15, 0.2) is 12.1 Å². The van der Waals surface area contributed by atoms with Crippen molar-refractivity contribution in [2.75, 3.05) is 99.6 Å². The van der Waals surface area contributed by atoms with Crippen molar-refractivity contribution in [1.29, 1.82) is 0 Å². The number of carbonyl (C=O) groups is 1. The lowest BCUT2D eigenvalue weighted by Gasteiger charge is -2.19. The molecule has 0 heterocycles. The Kier molecular flexibility index (Phi) is 19.4. The van der Waals surface area contributed by atoms with E-state index in [9.17, 15) is 9.90 Å². The third-order valence-electron chi connectivity index (χ3n) is 5.02. The molecular weight excluding hydrogens is 552 g/mol. The van der Waals surface area contributed by atoms with Crippen molar-refractivity contribution in [2.24, 2.45) is 0 Å². The molecule has 0 aliphatic rings. The number of rotatable bonds is 24. The fourth-order valence-electron chi connectivity index (χ4n) is 3.20. The summed E-state index contributed by atoms with van der Waals surface area (Å²) in [4.78, 5) is 12.2. The summed E-state index contributed by atoms with van der Waals surface area (Å²) in [5.74, 6) is 0.209. The van der Waals surface area contributed by atoms with Gasteiger partial charge in [0.1, 0.15) is 19.8 Å². The van der Waals surface area contributed by atoms with Gasteiger partial charge < -0.3 is 52.5 Å². The number of esters is 1. The van der Waals surface area contributed by atoms with Crippen molar-refractivity contribution in [3.63, 3.8) is 0 Å². The first-order chi connectivity index (χ1) is 20.0. The quantitative estimate of drug-likeness (QED) is 0.137. The number of ether oxygens (including phenoxy) is 10. The zero-order chi connectivity index (χ0) is 31.3. The van der Waals surface area contributed by atoms with Crippen LogP contribution in [0, 0.1) is 0 Å². The maximum atomic E-state index is 12.2. The lowest BCUT2D eigenvalue weighted by Crippen LogP contribution is -2.22. The maximum Gasteiger partial charge on any atom is 0.338 e. The predicted octanol–water partition coefficient (Wildman–Crippen LogP) is 3.30. The van der Waals surface area contributed by atoms with Gasteiger partial charge in [0.25, 0.3) is 0 Å². The Morgan fingerprint density at radius 3 is 1.38 bits per heavy atom. The highest BCUT2D eigenvalue weighted by Crippen LogP contribution is 2.39. The van der Waals surface area contributed by atoms with Crippen LogP contribution >= 0.6 is 0 Å². The van der Waals surface area contributed by atoms with Gasteiger partial charge in [-0.05, 0) is 53.7 Å². The van der Waals surface area contributed by atoms with Crippen LogP contribution in [-0.4, -0.2) is 122 Å². The molecule has 0 unspecified atom stereocenters. The number of methoxy groups -OCH3 is 1. The normalized spacial score (nSPS) is 11.9. The van der Waals surface area contributed by atoms with Gasteiger partial charge in [-0.15, -0.1) is 0 Å². The van der Waals surface area contributed by atoms with Gasteiger partial charge in [-0.3, -0.25) is 0 Å². The summed E-state index contributed by atoms with van der Waals surface area (Å²) in [6.07, 6.45) is 0. The second-order valence-corrected chi connectivity index (χ2v) is 10.9. The molecule has 42 heavy (non-hydrogen) atoms. The summed E-state index contributed by atoms with van der Waals surface area (Å²) in [7, 11) is 1.28. The zero-order valence-corrected chi connectivity index (χ0v) is 26.5. The van der Waals surface area contributed by atoms with Gasteiger partial charge in [0.2, 0.25) is 5.75 Å². The Bertz CT molecular complexity index is 848. The Hall–Kier alpha value is -2.19. The monoisotopic (exact) mass is 604 g/mol. The minimum Gasteiger partial charge on any atom is -0.487 e. The van der Waals surface area contributed by atoms with E-state index in [1.807, 2.05) is 41.5 Å². The third kappa shape index (κ3) is 19.1. The zero-order valence-electron chi connectivity index (χ0n) is 26.5. The van der Waals surface area contributed by atoms with Crippen LogP contribution in [0.5, 0.6) is 17.2 Å². The average Bonchev–Trinajstić information content (AvgIpc) is 2.92. The molecule has 12 nitrogen and oxygen atoms in total. The fourth-order valence-corrected chi connectivity index (χ4v) is 3.20. The Balaban J connectivity index is 2.57. The first kappa shape index (κ1) is 37.8. The summed E-state index contributed by atoms with van der Waals surface area (Å²) in [5.41, 5.74) is -0.181. The van der Waals surface area contributed by atoms with E-state index in [-0.39, 0.29) is 73.7 Å². The average molecular weight is 605 g/mol. The third-order valence-corrected chi connectivity index (χ3v) is 5.02. The number of carbonyl (C=O) groups excluding carboxylic acids is 1. The Morgan fingerprint density at radius 1 is 0.595 bits per heavy atom. The van der Waals surface area contributed by atoms with Crippen LogP contribution in [0.2, 0.25) is 0 Å². The minimum absolute atomic E-state index is 0.00288. The first-order valence-electron chi connectivity index (χ1n) is 14.3. The maximum absolute atomic E-state index is 12.2. The molecule has 0 saturated heterocycles. The highest BCUT2D eigenvalue weighted by atomic mass is 16.6. The van der Waals surface area contributed by atoms with E-state index in [1.165, 1.54) is 19.2 Å². The summed E-state index contributed by atoms with van der Waals surface area (Å²) in [6, 6.07) is 2.99. The predicted molar refractivity (Wildman–Crippen MR) is 156 cm³/mol. The van der Waals surface area contributed by atoms with Gasteiger partial charge in [0.05, 0.1) is 96.6 Å². The van der Waals surface area contributed by atoms with E-state index in [1.54, 1.807) is 0 Å². The molecule has 0 radical (unpaired) electrons. The van der Waals surface area contributed by atoms with E-state index in [0.717, 1.165) is 0 Å². The number of aliphatic hydroxyl groups is 1. The molecule has 0 bridgehead atoms. The van der Waals surface area contributed by atoms with E-state index in [0.29, 0.717) is 52.9 Å². The topological polar surface area (TPSA) is 130 Å². The lowest BCUT2D eigenvalue weighted by atomic mass is 10.2.